The molecule has 3 heterocycles. The van der Waals surface area contributed by atoms with Crippen LogP contribution in [0.1, 0.15) is 29.8 Å². The lowest BCUT2D eigenvalue weighted by molar-refractivity contribution is 0.0647. The number of aromatic nitrogens is 4. The summed E-state index contributed by atoms with van der Waals surface area (Å²) in [6.07, 6.45) is 6.92. The Morgan fingerprint density at radius 1 is 1.25 bits per heavy atom. The van der Waals surface area contributed by atoms with Crippen LogP contribution in [0.5, 0.6) is 5.88 Å². The number of likely N-dealkylation sites (N-methyl/N-ethyl adjacent to an activating group) is 1. The maximum Gasteiger partial charge on any atom is 0.255 e. The Hall–Kier alpha value is -3.22. The minimum Gasteiger partial charge on any atom is -0.475 e. The first kappa shape index (κ1) is 19.5. The highest BCUT2D eigenvalue weighted by atomic mass is 16.5. The SMILES string of the molecule is CCN(C(=O)c1ccncc1-c1ccn(C)n1)[C@@H](C)COc1ccc(C)cn1. The molecule has 1 atom stereocenters. The van der Waals surface area contributed by atoms with Crippen LogP contribution < -0.4 is 4.74 Å². The molecule has 1 amide bonds. The molecule has 0 saturated heterocycles. The molecule has 7 nitrogen and oxygen atoms in total. The first-order valence-electron chi connectivity index (χ1n) is 9.30. The van der Waals surface area contributed by atoms with Crippen LogP contribution in [0.15, 0.2) is 49.1 Å². The molecule has 0 unspecified atom stereocenters. The summed E-state index contributed by atoms with van der Waals surface area (Å²) in [5.41, 5.74) is 3.10. The van der Waals surface area contributed by atoms with Crippen LogP contribution in [0.25, 0.3) is 11.3 Å². The summed E-state index contributed by atoms with van der Waals surface area (Å²) in [4.78, 5) is 23.5. The van der Waals surface area contributed by atoms with Crippen molar-refractivity contribution >= 4 is 5.91 Å². The predicted molar refractivity (Wildman–Crippen MR) is 107 cm³/mol. The normalized spacial score (nSPS) is 11.9. The van der Waals surface area contributed by atoms with E-state index in [1.54, 1.807) is 34.2 Å². The van der Waals surface area contributed by atoms with Gasteiger partial charge >= 0.3 is 0 Å². The molecule has 28 heavy (non-hydrogen) atoms. The van der Waals surface area contributed by atoms with Crippen LogP contribution in [0.3, 0.4) is 0 Å². The molecule has 0 saturated carbocycles. The van der Waals surface area contributed by atoms with E-state index in [-0.39, 0.29) is 11.9 Å². The van der Waals surface area contributed by atoms with Crippen LogP contribution >= 0.6 is 0 Å². The Morgan fingerprint density at radius 2 is 2.07 bits per heavy atom. The van der Waals surface area contributed by atoms with E-state index in [0.29, 0.717) is 24.6 Å². The number of rotatable bonds is 7. The Morgan fingerprint density at radius 3 is 2.71 bits per heavy atom. The van der Waals surface area contributed by atoms with Crippen LogP contribution in [-0.4, -0.2) is 49.7 Å². The first-order chi connectivity index (χ1) is 13.5. The van der Waals surface area contributed by atoms with Gasteiger partial charge in [0.1, 0.15) is 6.61 Å². The van der Waals surface area contributed by atoms with Gasteiger partial charge in [-0.1, -0.05) is 6.07 Å². The Balaban J connectivity index is 1.77. The first-order valence-corrected chi connectivity index (χ1v) is 9.30. The molecule has 0 aliphatic heterocycles. The van der Waals surface area contributed by atoms with Crippen molar-refractivity contribution in [1.29, 1.82) is 0 Å². The molecule has 0 aliphatic carbocycles. The van der Waals surface area contributed by atoms with Crippen molar-refractivity contribution in [2.45, 2.75) is 26.8 Å². The number of hydrogen-bond acceptors (Lipinski definition) is 5. The zero-order valence-electron chi connectivity index (χ0n) is 16.7. The zero-order valence-corrected chi connectivity index (χ0v) is 16.7. The summed E-state index contributed by atoms with van der Waals surface area (Å²) < 4.78 is 7.48. The third-order valence-electron chi connectivity index (χ3n) is 4.53. The van der Waals surface area contributed by atoms with E-state index < -0.39 is 0 Å². The molecule has 7 heteroatoms. The molecule has 0 N–H and O–H groups in total. The maximum atomic E-state index is 13.3. The average molecular weight is 379 g/mol. The Kier molecular flexibility index (Phi) is 6.03. The highest BCUT2D eigenvalue weighted by Crippen LogP contribution is 2.23. The standard InChI is InChI=1S/C21H25N5O2/c1-5-26(16(3)14-28-20-7-6-15(2)12-23-20)21(27)17-8-10-22-13-18(17)19-9-11-25(4)24-19/h6-13,16H,5,14H2,1-4H3/t16-/m0/s1. The number of carbonyl (C=O) groups is 1. The summed E-state index contributed by atoms with van der Waals surface area (Å²) in [6.45, 7) is 6.83. The molecule has 3 rings (SSSR count). The van der Waals surface area contributed by atoms with Gasteiger partial charge in [-0.15, -0.1) is 0 Å². The smallest absolute Gasteiger partial charge is 0.255 e. The van der Waals surface area contributed by atoms with E-state index in [1.807, 2.05) is 52.2 Å². The van der Waals surface area contributed by atoms with Crippen molar-refractivity contribution in [3.8, 4) is 17.1 Å². The summed E-state index contributed by atoms with van der Waals surface area (Å²) in [5.74, 6) is 0.484. The molecule has 0 fully saturated rings. The van der Waals surface area contributed by atoms with Gasteiger partial charge < -0.3 is 9.64 Å². The van der Waals surface area contributed by atoms with Gasteiger partial charge in [0, 0.05) is 50.0 Å². The van der Waals surface area contributed by atoms with Crippen LogP contribution in [-0.2, 0) is 7.05 Å². The van der Waals surface area contributed by atoms with E-state index in [0.717, 1.165) is 16.8 Å². The van der Waals surface area contributed by atoms with Crippen LogP contribution in [0.4, 0.5) is 0 Å². The van der Waals surface area contributed by atoms with E-state index in [4.69, 9.17) is 4.74 Å². The lowest BCUT2D eigenvalue weighted by atomic mass is 10.1. The number of amides is 1. The van der Waals surface area contributed by atoms with Gasteiger partial charge in [0.25, 0.3) is 5.91 Å². The van der Waals surface area contributed by atoms with Gasteiger partial charge in [-0.3, -0.25) is 14.5 Å². The minimum atomic E-state index is -0.120. The third kappa shape index (κ3) is 4.36. The van der Waals surface area contributed by atoms with Gasteiger partial charge in [-0.25, -0.2) is 4.98 Å². The Bertz CT molecular complexity index is 936. The topological polar surface area (TPSA) is 73.1 Å². The fourth-order valence-corrected chi connectivity index (χ4v) is 2.99. The average Bonchev–Trinajstić information content (AvgIpc) is 3.14. The lowest BCUT2D eigenvalue weighted by Crippen LogP contribution is -2.42. The van der Waals surface area contributed by atoms with Crippen LogP contribution in [0.2, 0.25) is 0 Å². The van der Waals surface area contributed by atoms with Gasteiger partial charge in [0.05, 0.1) is 17.3 Å². The minimum absolute atomic E-state index is 0.0708. The number of nitrogens with zero attached hydrogens (tertiary/aromatic N) is 5. The molecule has 3 aromatic rings. The van der Waals surface area contributed by atoms with Crippen molar-refractivity contribution in [1.82, 2.24) is 24.6 Å². The fraction of sp³-hybridized carbons (Fsp3) is 0.333. The largest absolute Gasteiger partial charge is 0.475 e. The summed E-state index contributed by atoms with van der Waals surface area (Å²) in [5, 5.41) is 4.41. The van der Waals surface area contributed by atoms with Crippen LogP contribution in [0, 0.1) is 6.92 Å². The molecule has 0 spiro atoms. The predicted octanol–water partition coefficient (Wildman–Crippen LogP) is 3.12. The molecular weight excluding hydrogens is 354 g/mol. The van der Waals surface area contributed by atoms with E-state index in [9.17, 15) is 4.79 Å². The van der Waals surface area contributed by atoms with E-state index >= 15 is 0 Å². The highest BCUT2D eigenvalue weighted by Gasteiger charge is 2.24. The fourth-order valence-electron chi connectivity index (χ4n) is 2.99. The van der Waals surface area contributed by atoms with Crippen molar-refractivity contribution in [2.24, 2.45) is 7.05 Å². The quantitative estimate of drug-likeness (QED) is 0.631. The highest BCUT2D eigenvalue weighted by molar-refractivity contribution is 6.00. The summed E-state index contributed by atoms with van der Waals surface area (Å²) >= 11 is 0. The maximum absolute atomic E-state index is 13.3. The second kappa shape index (κ2) is 8.65. The van der Waals surface area contributed by atoms with E-state index in [2.05, 4.69) is 15.1 Å². The third-order valence-corrected chi connectivity index (χ3v) is 4.53. The van der Waals surface area contributed by atoms with E-state index in [1.165, 1.54) is 0 Å². The monoisotopic (exact) mass is 379 g/mol. The van der Waals surface area contributed by atoms with Gasteiger partial charge in [0.15, 0.2) is 0 Å². The molecule has 0 aromatic carbocycles. The zero-order chi connectivity index (χ0) is 20.1. The van der Waals surface area contributed by atoms with Crippen molar-refractivity contribution in [3.05, 3.63) is 60.2 Å². The number of carbonyl (C=O) groups excluding carboxylic acids is 1. The second-order valence-corrected chi connectivity index (χ2v) is 6.72. The molecule has 0 aliphatic rings. The number of aryl methyl sites for hydroxylation is 2. The van der Waals surface area contributed by atoms with Gasteiger partial charge in [0.2, 0.25) is 5.88 Å². The molecule has 0 bridgehead atoms. The molecular formula is C21H25N5O2. The second-order valence-electron chi connectivity index (χ2n) is 6.72. The Labute approximate surface area is 165 Å². The number of hydrogen-bond donors (Lipinski definition) is 0. The van der Waals surface area contributed by atoms with Gasteiger partial charge in [-0.05, 0) is 38.5 Å². The van der Waals surface area contributed by atoms with Crippen molar-refractivity contribution < 1.29 is 9.53 Å². The van der Waals surface area contributed by atoms with Gasteiger partial charge in [-0.2, -0.15) is 5.10 Å². The lowest BCUT2D eigenvalue weighted by Gasteiger charge is -2.28. The molecule has 0 radical (unpaired) electrons. The van der Waals surface area contributed by atoms with Crippen molar-refractivity contribution in [2.75, 3.05) is 13.2 Å². The molecule has 146 valence electrons. The summed E-state index contributed by atoms with van der Waals surface area (Å²) in [6, 6.07) is 7.28. The number of ether oxygens (including phenoxy) is 1. The number of pyridine rings is 2. The van der Waals surface area contributed by atoms with Crippen molar-refractivity contribution in [3.63, 3.8) is 0 Å². The molecule has 3 aromatic heterocycles. The summed E-state index contributed by atoms with van der Waals surface area (Å²) in [7, 11) is 1.85.